The Balaban J connectivity index is 1.28. The molecule has 208 valence electrons. The molecule has 1 saturated carbocycles. The zero-order valence-electron chi connectivity index (χ0n) is 23.4. The molecule has 1 fully saturated rings. The highest BCUT2D eigenvalue weighted by molar-refractivity contribution is 6.31. The van der Waals surface area contributed by atoms with Crippen LogP contribution in [-0.4, -0.2) is 20.4 Å². The summed E-state index contributed by atoms with van der Waals surface area (Å²) in [5.41, 5.74) is 5.66. The number of aromatic nitrogens is 3. The fourth-order valence-electron chi connectivity index (χ4n) is 5.78. The molecule has 0 saturated heterocycles. The first-order chi connectivity index (χ1) is 20.0. The minimum atomic E-state index is -0.117. The van der Waals surface area contributed by atoms with Gasteiger partial charge in [0.1, 0.15) is 18.2 Å². The van der Waals surface area contributed by atoms with E-state index in [1.807, 2.05) is 72.8 Å². The molecule has 1 aliphatic rings. The first-order valence-corrected chi connectivity index (χ1v) is 14.6. The average Bonchev–Trinajstić information content (AvgIpc) is 3.29. The Hall–Kier alpha value is -4.16. The van der Waals surface area contributed by atoms with E-state index >= 15 is 0 Å². The fraction of sp³-hybridized carbons (Fsp3) is 0.265. The molecule has 5 aromatic rings. The number of benzene rings is 3. The molecule has 3 aromatic carbocycles. The van der Waals surface area contributed by atoms with E-state index in [2.05, 4.69) is 24.5 Å². The SMILES string of the molecule is Cc1cc(C=Nn2c(C3CCCCC3)nc3ccccc3c2=O)c(C)n1-c1ccc(OCc2ccccc2Cl)cc1. The third-order valence-electron chi connectivity index (χ3n) is 7.98. The van der Waals surface area contributed by atoms with Crippen molar-refractivity contribution < 1.29 is 4.74 Å². The van der Waals surface area contributed by atoms with Gasteiger partial charge in [-0.25, -0.2) is 4.98 Å². The lowest BCUT2D eigenvalue weighted by Gasteiger charge is -2.22. The van der Waals surface area contributed by atoms with Crippen LogP contribution >= 0.6 is 11.6 Å². The molecule has 41 heavy (non-hydrogen) atoms. The summed E-state index contributed by atoms with van der Waals surface area (Å²) < 4.78 is 9.69. The molecule has 2 aromatic heterocycles. The zero-order valence-corrected chi connectivity index (χ0v) is 24.1. The molecule has 2 heterocycles. The first-order valence-electron chi connectivity index (χ1n) is 14.2. The van der Waals surface area contributed by atoms with Crippen molar-refractivity contribution in [3.05, 3.63) is 123 Å². The lowest BCUT2D eigenvalue weighted by Crippen LogP contribution is -2.25. The monoisotopic (exact) mass is 564 g/mol. The van der Waals surface area contributed by atoms with Crippen molar-refractivity contribution >= 4 is 28.7 Å². The van der Waals surface area contributed by atoms with Gasteiger partial charge in [-0.05, 0) is 75.2 Å². The van der Waals surface area contributed by atoms with E-state index < -0.39 is 0 Å². The Morgan fingerprint density at radius 3 is 2.49 bits per heavy atom. The summed E-state index contributed by atoms with van der Waals surface area (Å²) in [4.78, 5) is 18.5. The van der Waals surface area contributed by atoms with E-state index in [4.69, 9.17) is 26.4 Å². The molecule has 1 aliphatic carbocycles. The maximum Gasteiger partial charge on any atom is 0.282 e. The molecule has 0 atom stereocenters. The van der Waals surface area contributed by atoms with Gasteiger partial charge in [0.25, 0.3) is 5.56 Å². The summed E-state index contributed by atoms with van der Waals surface area (Å²) in [5, 5.41) is 6.05. The molecule has 7 heteroatoms. The number of halogens is 1. The van der Waals surface area contributed by atoms with Crippen LogP contribution in [0.3, 0.4) is 0 Å². The number of fused-ring (bicyclic) bond motifs is 1. The summed E-state index contributed by atoms with van der Waals surface area (Å²) in [5.74, 6) is 1.78. The maximum absolute atomic E-state index is 13.6. The predicted molar refractivity (Wildman–Crippen MR) is 166 cm³/mol. The molecule has 0 bridgehead atoms. The summed E-state index contributed by atoms with van der Waals surface area (Å²) >= 11 is 6.26. The van der Waals surface area contributed by atoms with Gasteiger partial charge >= 0.3 is 0 Å². The van der Waals surface area contributed by atoms with Crippen LogP contribution < -0.4 is 10.3 Å². The highest BCUT2D eigenvalue weighted by Crippen LogP contribution is 2.32. The van der Waals surface area contributed by atoms with Crippen molar-refractivity contribution in [2.24, 2.45) is 5.10 Å². The molecule has 6 nitrogen and oxygen atoms in total. The van der Waals surface area contributed by atoms with Gasteiger partial charge in [0, 0.05) is 39.1 Å². The summed E-state index contributed by atoms with van der Waals surface area (Å²) in [6.45, 7) is 4.55. The Bertz CT molecular complexity index is 1780. The van der Waals surface area contributed by atoms with E-state index in [-0.39, 0.29) is 11.5 Å². The molecule has 0 unspecified atom stereocenters. The first kappa shape index (κ1) is 27.0. The van der Waals surface area contributed by atoms with Crippen LogP contribution in [0.15, 0.2) is 88.8 Å². The molecular formula is C34H33ClN4O2. The topological polar surface area (TPSA) is 61.4 Å². The van der Waals surface area contributed by atoms with Gasteiger partial charge in [-0.15, -0.1) is 0 Å². The molecule has 0 N–H and O–H groups in total. The number of hydrogen-bond acceptors (Lipinski definition) is 4. The summed E-state index contributed by atoms with van der Waals surface area (Å²) in [6.07, 6.45) is 7.41. The number of ether oxygens (including phenoxy) is 1. The molecule has 0 amide bonds. The van der Waals surface area contributed by atoms with E-state index in [1.54, 1.807) is 6.21 Å². The Kier molecular flexibility index (Phi) is 7.75. The average molecular weight is 565 g/mol. The van der Waals surface area contributed by atoms with Crippen molar-refractivity contribution in [1.82, 2.24) is 14.2 Å². The minimum absolute atomic E-state index is 0.117. The third kappa shape index (κ3) is 5.57. The molecule has 0 radical (unpaired) electrons. The van der Waals surface area contributed by atoms with Crippen molar-refractivity contribution in [2.75, 3.05) is 0 Å². The van der Waals surface area contributed by atoms with Gasteiger partial charge in [-0.2, -0.15) is 9.78 Å². The lowest BCUT2D eigenvalue weighted by molar-refractivity contribution is 0.306. The number of aryl methyl sites for hydroxylation is 1. The van der Waals surface area contributed by atoms with Crippen LogP contribution in [-0.2, 0) is 6.61 Å². The standard InChI is InChI=1S/C34H33ClN4O2/c1-23-20-27(24(2)38(23)28-16-18-29(19-17-28)41-22-26-12-6-8-14-31(26)35)21-36-39-33(25-10-4-3-5-11-25)37-32-15-9-7-13-30(32)34(39)40/h6-9,12-21,25H,3-5,10-11,22H2,1-2H3. The molecule has 0 spiro atoms. The van der Waals surface area contributed by atoms with Gasteiger partial charge in [-0.1, -0.05) is 61.2 Å². The number of hydrogen-bond donors (Lipinski definition) is 0. The van der Waals surface area contributed by atoms with Gasteiger partial charge in [0.15, 0.2) is 0 Å². The van der Waals surface area contributed by atoms with E-state index in [0.29, 0.717) is 17.0 Å². The quantitative estimate of drug-likeness (QED) is 0.188. The maximum atomic E-state index is 13.6. The van der Waals surface area contributed by atoms with Gasteiger partial charge < -0.3 is 9.30 Å². The van der Waals surface area contributed by atoms with Crippen molar-refractivity contribution in [1.29, 1.82) is 0 Å². The third-order valence-corrected chi connectivity index (χ3v) is 8.35. The fourth-order valence-corrected chi connectivity index (χ4v) is 5.97. The number of nitrogens with zero attached hydrogens (tertiary/aromatic N) is 4. The van der Waals surface area contributed by atoms with Crippen molar-refractivity contribution in [3.63, 3.8) is 0 Å². The predicted octanol–water partition coefficient (Wildman–Crippen LogP) is 7.97. The highest BCUT2D eigenvalue weighted by atomic mass is 35.5. The van der Waals surface area contributed by atoms with E-state index in [9.17, 15) is 4.79 Å². The second-order valence-corrected chi connectivity index (χ2v) is 11.1. The van der Waals surface area contributed by atoms with Crippen LogP contribution in [0.4, 0.5) is 0 Å². The van der Waals surface area contributed by atoms with E-state index in [0.717, 1.165) is 71.0 Å². The van der Waals surface area contributed by atoms with Crippen LogP contribution in [0.5, 0.6) is 5.75 Å². The second-order valence-electron chi connectivity index (χ2n) is 10.7. The van der Waals surface area contributed by atoms with Crippen molar-refractivity contribution in [2.45, 2.75) is 58.5 Å². The molecular weight excluding hydrogens is 532 g/mol. The van der Waals surface area contributed by atoms with Crippen LogP contribution in [0.25, 0.3) is 16.6 Å². The molecule has 0 aliphatic heterocycles. The van der Waals surface area contributed by atoms with Crippen LogP contribution in [0, 0.1) is 13.8 Å². The molecule has 6 rings (SSSR count). The normalized spacial score (nSPS) is 14.2. The summed E-state index contributed by atoms with van der Waals surface area (Å²) in [7, 11) is 0. The second kappa shape index (κ2) is 11.8. The minimum Gasteiger partial charge on any atom is -0.489 e. The van der Waals surface area contributed by atoms with Gasteiger partial charge in [0.05, 0.1) is 17.1 Å². The lowest BCUT2D eigenvalue weighted by atomic mass is 9.88. The van der Waals surface area contributed by atoms with Gasteiger partial charge in [-0.3, -0.25) is 4.79 Å². The van der Waals surface area contributed by atoms with Crippen LogP contribution in [0.2, 0.25) is 5.02 Å². The van der Waals surface area contributed by atoms with Gasteiger partial charge in [0.2, 0.25) is 0 Å². The Morgan fingerprint density at radius 1 is 0.976 bits per heavy atom. The number of rotatable bonds is 7. The number of para-hydroxylation sites is 1. The highest BCUT2D eigenvalue weighted by Gasteiger charge is 2.22. The smallest absolute Gasteiger partial charge is 0.282 e. The Morgan fingerprint density at radius 2 is 1.71 bits per heavy atom. The zero-order chi connectivity index (χ0) is 28.3. The Labute approximate surface area is 244 Å². The van der Waals surface area contributed by atoms with Crippen LogP contribution in [0.1, 0.15) is 66.4 Å². The van der Waals surface area contributed by atoms with E-state index in [1.165, 1.54) is 11.1 Å². The summed E-state index contributed by atoms with van der Waals surface area (Å²) in [6, 6.07) is 25.4. The largest absolute Gasteiger partial charge is 0.489 e. The van der Waals surface area contributed by atoms with Crippen molar-refractivity contribution in [3.8, 4) is 11.4 Å².